The third-order valence-electron chi connectivity index (χ3n) is 4.58. The molecule has 138 valence electrons. The molecule has 2 N–H and O–H groups in total. The first-order valence-electron chi connectivity index (χ1n) is 8.58. The molecule has 26 heavy (non-hydrogen) atoms. The fraction of sp³-hybridized carbons (Fsp3) is 0.286. The molecule has 2 aromatic carbocycles. The van der Waals surface area contributed by atoms with Crippen LogP contribution in [0, 0.1) is 5.82 Å². The number of rotatable bonds is 7. The highest BCUT2D eigenvalue weighted by atomic mass is 35.5. The second-order valence-corrected chi connectivity index (χ2v) is 6.34. The summed E-state index contributed by atoms with van der Waals surface area (Å²) in [5.74, 6) is -0.493. The minimum Gasteiger partial charge on any atom is -0.388 e. The van der Waals surface area contributed by atoms with Crippen LogP contribution in [-0.2, 0) is 17.6 Å². The van der Waals surface area contributed by atoms with Crippen molar-refractivity contribution in [2.75, 3.05) is 13.2 Å². The topological polar surface area (TPSA) is 49.3 Å². The maximum Gasteiger partial charge on any atom is 0.181 e. The Hall–Kier alpha value is -2.01. The summed E-state index contributed by atoms with van der Waals surface area (Å²) < 4.78 is 12.9. The molecule has 1 aliphatic carbocycles. The average molecular weight is 376 g/mol. The molecule has 0 radical (unpaired) electrons. The van der Waals surface area contributed by atoms with E-state index in [4.69, 9.17) is 5.11 Å². The minimum atomic E-state index is -0.457. The van der Waals surface area contributed by atoms with Gasteiger partial charge < -0.3 is 10.4 Å². The third-order valence-corrected chi connectivity index (χ3v) is 4.58. The van der Waals surface area contributed by atoms with Gasteiger partial charge >= 0.3 is 0 Å². The summed E-state index contributed by atoms with van der Waals surface area (Å²) in [6.45, 7) is 0.393. The normalized spacial score (nSPS) is 15.7. The van der Waals surface area contributed by atoms with Crippen molar-refractivity contribution in [3.05, 3.63) is 76.6 Å². The minimum absolute atomic E-state index is 0. The Morgan fingerprint density at radius 1 is 1.23 bits per heavy atom. The first-order valence-corrected chi connectivity index (χ1v) is 8.58. The number of nitrogens with one attached hydrogen (secondary N) is 1. The second-order valence-electron chi connectivity index (χ2n) is 6.34. The Labute approximate surface area is 159 Å². The molecule has 2 aromatic rings. The lowest BCUT2D eigenvalue weighted by molar-refractivity contribution is -0.117. The van der Waals surface area contributed by atoms with Gasteiger partial charge in [-0.3, -0.25) is 4.79 Å². The molecule has 1 aliphatic rings. The summed E-state index contributed by atoms with van der Waals surface area (Å²) >= 11 is 0. The SMILES string of the molecule is Cl.O=C(/C=C/c1ccc2c(c1)CCC2NCCc1ccc(F)cc1)CO. The van der Waals surface area contributed by atoms with Gasteiger partial charge in [-0.1, -0.05) is 36.4 Å². The van der Waals surface area contributed by atoms with Crippen LogP contribution in [0.5, 0.6) is 0 Å². The van der Waals surface area contributed by atoms with Crippen LogP contribution in [0.15, 0.2) is 48.5 Å². The lowest BCUT2D eigenvalue weighted by Crippen LogP contribution is -2.21. The lowest BCUT2D eigenvalue weighted by atomic mass is 10.0. The van der Waals surface area contributed by atoms with E-state index in [-0.39, 0.29) is 24.0 Å². The van der Waals surface area contributed by atoms with Crippen LogP contribution in [0.2, 0.25) is 0 Å². The Balaban J connectivity index is 0.00000243. The van der Waals surface area contributed by atoms with Crippen LogP contribution >= 0.6 is 12.4 Å². The molecule has 3 rings (SSSR count). The zero-order chi connectivity index (χ0) is 17.6. The van der Waals surface area contributed by atoms with Crippen molar-refractivity contribution in [1.82, 2.24) is 5.32 Å². The quantitative estimate of drug-likeness (QED) is 0.726. The summed E-state index contributed by atoms with van der Waals surface area (Å²) in [6, 6.07) is 13.2. The number of hydrogen-bond acceptors (Lipinski definition) is 3. The van der Waals surface area contributed by atoms with Gasteiger partial charge in [0.25, 0.3) is 0 Å². The summed E-state index contributed by atoms with van der Waals surface area (Å²) in [5, 5.41) is 12.3. The summed E-state index contributed by atoms with van der Waals surface area (Å²) in [6.07, 6.45) is 6.10. The Kier molecular flexibility index (Phi) is 7.51. The van der Waals surface area contributed by atoms with Crippen molar-refractivity contribution in [1.29, 1.82) is 0 Å². The predicted molar refractivity (Wildman–Crippen MR) is 104 cm³/mol. The average Bonchev–Trinajstić information content (AvgIpc) is 3.03. The van der Waals surface area contributed by atoms with Gasteiger partial charge in [-0.25, -0.2) is 4.39 Å². The molecule has 0 aromatic heterocycles. The number of ketones is 1. The van der Waals surface area contributed by atoms with E-state index >= 15 is 0 Å². The molecule has 5 heteroatoms. The number of carbonyl (C=O) groups is 1. The zero-order valence-corrected chi connectivity index (χ0v) is 15.3. The van der Waals surface area contributed by atoms with Crippen molar-refractivity contribution in [3.8, 4) is 0 Å². The van der Waals surface area contributed by atoms with E-state index in [1.54, 1.807) is 6.08 Å². The zero-order valence-electron chi connectivity index (χ0n) is 14.5. The Morgan fingerprint density at radius 2 is 2.00 bits per heavy atom. The molecule has 0 spiro atoms. The molecule has 3 nitrogen and oxygen atoms in total. The third kappa shape index (κ3) is 5.24. The molecule has 0 bridgehead atoms. The number of carbonyl (C=O) groups excluding carboxylic acids is 1. The maximum atomic E-state index is 12.9. The van der Waals surface area contributed by atoms with Gasteiger partial charge in [-0.2, -0.15) is 0 Å². The highest BCUT2D eigenvalue weighted by Crippen LogP contribution is 2.32. The van der Waals surface area contributed by atoms with E-state index in [1.165, 1.54) is 29.3 Å². The van der Waals surface area contributed by atoms with Crippen molar-refractivity contribution < 1.29 is 14.3 Å². The number of aliphatic hydroxyl groups excluding tert-OH is 1. The molecule has 0 aliphatic heterocycles. The monoisotopic (exact) mass is 375 g/mol. The number of aryl methyl sites for hydroxylation is 1. The summed E-state index contributed by atoms with van der Waals surface area (Å²) in [7, 11) is 0. The van der Waals surface area contributed by atoms with Gasteiger partial charge in [0.2, 0.25) is 0 Å². The molecular weight excluding hydrogens is 353 g/mol. The first-order chi connectivity index (χ1) is 12.2. The molecule has 0 amide bonds. The number of hydrogen-bond donors (Lipinski definition) is 2. The van der Waals surface area contributed by atoms with Crippen molar-refractivity contribution >= 4 is 24.3 Å². The summed E-state index contributed by atoms with van der Waals surface area (Å²) in [4.78, 5) is 11.2. The summed E-state index contributed by atoms with van der Waals surface area (Å²) in [5.41, 5.74) is 4.72. The molecule has 1 atom stereocenters. The predicted octanol–water partition coefficient (Wildman–Crippen LogP) is 3.64. The maximum absolute atomic E-state index is 12.9. The number of fused-ring (bicyclic) bond motifs is 1. The molecule has 0 saturated carbocycles. The highest BCUT2D eigenvalue weighted by molar-refractivity contribution is 5.94. The smallest absolute Gasteiger partial charge is 0.181 e. The van der Waals surface area contributed by atoms with Crippen LogP contribution in [0.3, 0.4) is 0 Å². The van der Waals surface area contributed by atoms with Gasteiger partial charge in [0, 0.05) is 6.04 Å². The van der Waals surface area contributed by atoms with Crippen LogP contribution in [-0.4, -0.2) is 24.0 Å². The van der Waals surface area contributed by atoms with E-state index in [0.717, 1.165) is 36.9 Å². The first kappa shape index (κ1) is 20.3. The fourth-order valence-electron chi connectivity index (χ4n) is 3.24. The van der Waals surface area contributed by atoms with E-state index < -0.39 is 6.61 Å². The molecule has 0 saturated heterocycles. The van der Waals surface area contributed by atoms with Crippen LogP contribution in [0.4, 0.5) is 4.39 Å². The van der Waals surface area contributed by atoms with Gasteiger partial charge in [-0.05, 0) is 66.3 Å². The van der Waals surface area contributed by atoms with E-state index in [0.29, 0.717) is 6.04 Å². The van der Waals surface area contributed by atoms with Gasteiger partial charge in [0.1, 0.15) is 12.4 Å². The number of aliphatic hydroxyl groups is 1. The molecule has 0 heterocycles. The van der Waals surface area contributed by atoms with Crippen molar-refractivity contribution in [2.45, 2.75) is 25.3 Å². The lowest BCUT2D eigenvalue weighted by Gasteiger charge is -2.14. The van der Waals surface area contributed by atoms with E-state index in [2.05, 4.69) is 17.4 Å². The second kappa shape index (κ2) is 9.62. The molecular formula is C21H23ClFNO2. The molecule has 0 fully saturated rings. The fourth-order valence-corrected chi connectivity index (χ4v) is 3.24. The van der Waals surface area contributed by atoms with Gasteiger partial charge in [0.15, 0.2) is 5.78 Å². The Morgan fingerprint density at radius 3 is 2.73 bits per heavy atom. The number of halogens is 2. The van der Waals surface area contributed by atoms with E-state index in [9.17, 15) is 9.18 Å². The van der Waals surface area contributed by atoms with Crippen molar-refractivity contribution in [2.24, 2.45) is 0 Å². The largest absolute Gasteiger partial charge is 0.388 e. The van der Waals surface area contributed by atoms with Gasteiger partial charge in [-0.15, -0.1) is 12.4 Å². The molecule has 1 unspecified atom stereocenters. The number of benzene rings is 2. The van der Waals surface area contributed by atoms with Crippen molar-refractivity contribution in [3.63, 3.8) is 0 Å². The van der Waals surface area contributed by atoms with Crippen LogP contribution in [0.25, 0.3) is 6.08 Å². The van der Waals surface area contributed by atoms with Gasteiger partial charge in [0.05, 0.1) is 0 Å². The van der Waals surface area contributed by atoms with Crippen LogP contribution in [0.1, 0.15) is 34.7 Å². The Bertz CT molecular complexity index is 774. The van der Waals surface area contributed by atoms with E-state index in [1.807, 2.05) is 18.2 Å². The standard InChI is InChI=1S/C21H22FNO2.ClH/c22-18-6-1-15(2-7-18)11-12-23-21-10-5-17-13-16(4-9-20(17)21)3-8-19(25)14-24;/h1-4,6-9,13,21,23-24H,5,10-12,14H2;1H/b8-3+;. The van der Waals surface area contributed by atoms with Crippen LogP contribution < -0.4 is 5.32 Å². The highest BCUT2D eigenvalue weighted by Gasteiger charge is 2.21.